The van der Waals surface area contributed by atoms with E-state index in [4.69, 9.17) is 18.9 Å². The van der Waals surface area contributed by atoms with Gasteiger partial charge in [-0.15, -0.1) is 6.58 Å². The van der Waals surface area contributed by atoms with Crippen LogP contribution in [-0.2, 0) is 38.7 Å². The van der Waals surface area contributed by atoms with Crippen LogP contribution < -0.4 is 0 Å². The van der Waals surface area contributed by atoms with Crippen molar-refractivity contribution >= 4 is 22.1 Å². The van der Waals surface area contributed by atoms with Crippen LogP contribution in [0.4, 0.5) is 0 Å². The Balaban J connectivity index is 2.44. The number of esters is 2. The summed E-state index contributed by atoms with van der Waals surface area (Å²) < 4.78 is 54.0. The highest BCUT2D eigenvalue weighted by molar-refractivity contribution is 7.85. The van der Waals surface area contributed by atoms with Gasteiger partial charge in [-0.05, 0) is 51.4 Å². The summed E-state index contributed by atoms with van der Waals surface area (Å²) in [5, 5.41) is 30.9. The minimum Gasteiger partial charge on any atom is -0.462 e. The third kappa shape index (κ3) is 30.2. The van der Waals surface area contributed by atoms with Crippen LogP contribution in [0.25, 0.3) is 0 Å². The van der Waals surface area contributed by atoms with Crippen molar-refractivity contribution in [2.45, 2.75) is 230 Å². The van der Waals surface area contributed by atoms with Gasteiger partial charge in [-0.2, -0.15) is 8.42 Å². The Morgan fingerprint density at radius 1 is 0.621 bits per heavy atom. The molecular weight excluding hydrogens is 765 g/mol. The Hall–Kier alpha value is -1.87. The minimum atomic E-state index is -4.60. The molecule has 340 valence electrons. The van der Waals surface area contributed by atoms with Crippen LogP contribution in [0.1, 0.15) is 193 Å². The fraction of sp³-hybridized carbons (Fsp3) is 0.867. The molecule has 0 radical (unpaired) electrons. The molecule has 0 amide bonds. The van der Waals surface area contributed by atoms with Crippen LogP contribution in [0.5, 0.6) is 0 Å². The Morgan fingerprint density at radius 3 is 1.59 bits per heavy atom. The lowest BCUT2D eigenvalue weighted by Gasteiger charge is -2.40. The molecule has 1 fully saturated rings. The maximum atomic E-state index is 12.8. The molecule has 2 unspecified atom stereocenters. The quantitative estimate of drug-likeness (QED) is 0.0199. The summed E-state index contributed by atoms with van der Waals surface area (Å²) in [7, 11) is -4.60. The van der Waals surface area contributed by atoms with Crippen LogP contribution >= 0.6 is 0 Å². The fourth-order valence-corrected chi connectivity index (χ4v) is 7.75. The summed E-state index contributed by atoms with van der Waals surface area (Å²) in [5.41, 5.74) is 0. The van der Waals surface area contributed by atoms with Gasteiger partial charge in [0.15, 0.2) is 12.4 Å². The van der Waals surface area contributed by atoms with E-state index in [1.54, 1.807) is 0 Å². The van der Waals surface area contributed by atoms with Crippen molar-refractivity contribution in [2.75, 3.05) is 19.0 Å². The van der Waals surface area contributed by atoms with Crippen LogP contribution in [-0.4, -0.2) is 96.0 Å². The molecule has 0 spiro atoms. The molecule has 6 atom stereocenters. The Labute approximate surface area is 351 Å². The summed E-state index contributed by atoms with van der Waals surface area (Å²) in [6.45, 7) is 5.27. The van der Waals surface area contributed by atoms with Crippen molar-refractivity contribution in [1.82, 2.24) is 0 Å². The summed E-state index contributed by atoms with van der Waals surface area (Å²) >= 11 is 0. The van der Waals surface area contributed by atoms with Crippen LogP contribution in [0.15, 0.2) is 24.8 Å². The van der Waals surface area contributed by atoms with E-state index in [1.165, 1.54) is 116 Å². The predicted octanol–water partition coefficient (Wildman–Crippen LogP) is 9.23. The molecule has 58 heavy (non-hydrogen) atoms. The standard InChI is InChI=1S/C45H82O12S/c1-3-5-7-9-11-13-15-17-19-21-23-25-27-29-31-33-40(46)54-35-38(36-55-45-44(50)43(49)42(48)39(57-45)37-58(51,52)53)56-41(47)34-32-30-28-26-24-22-20-18-16-14-12-10-8-6-4-2/h4,23,25,38-39,42-45,48-50H,2-3,5-22,24,26-37H2,1H3,(H,51,52,53)/b25-23+/t38-,39-,42-,43?,44?,45+/m1/s1. The average molecular weight is 847 g/mol. The van der Waals surface area contributed by atoms with Crippen LogP contribution in [0.2, 0.25) is 0 Å². The number of ether oxygens (including phenoxy) is 4. The van der Waals surface area contributed by atoms with E-state index in [-0.39, 0.29) is 19.4 Å². The summed E-state index contributed by atoms with van der Waals surface area (Å²) in [6, 6.07) is 0. The lowest BCUT2D eigenvalue weighted by atomic mass is 10.00. The number of rotatable bonds is 39. The van der Waals surface area contributed by atoms with Crippen molar-refractivity contribution in [1.29, 1.82) is 0 Å². The maximum Gasteiger partial charge on any atom is 0.306 e. The summed E-state index contributed by atoms with van der Waals surface area (Å²) in [6.07, 6.45) is 28.3. The maximum absolute atomic E-state index is 12.8. The Bertz CT molecular complexity index is 1160. The molecule has 0 aliphatic carbocycles. The van der Waals surface area contributed by atoms with E-state index in [0.717, 1.165) is 44.9 Å². The van der Waals surface area contributed by atoms with E-state index in [2.05, 4.69) is 25.7 Å². The van der Waals surface area contributed by atoms with E-state index >= 15 is 0 Å². The molecule has 13 heteroatoms. The molecule has 1 heterocycles. The molecule has 0 aromatic carbocycles. The first-order valence-electron chi connectivity index (χ1n) is 22.9. The fourth-order valence-electron chi connectivity index (χ4n) is 7.06. The number of carbonyl (C=O) groups is 2. The predicted molar refractivity (Wildman–Crippen MR) is 229 cm³/mol. The van der Waals surface area contributed by atoms with Gasteiger partial charge in [0.25, 0.3) is 10.1 Å². The number of hydrogen-bond donors (Lipinski definition) is 4. The van der Waals surface area contributed by atoms with E-state index in [1.807, 2.05) is 6.08 Å². The zero-order valence-electron chi connectivity index (χ0n) is 36.0. The van der Waals surface area contributed by atoms with Crippen molar-refractivity contribution in [3.63, 3.8) is 0 Å². The van der Waals surface area contributed by atoms with Crippen molar-refractivity contribution in [2.24, 2.45) is 0 Å². The van der Waals surface area contributed by atoms with Gasteiger partial charge in [0.05, 0.1) is 6.61 Å². The van der Waals surface area contributed by atoms with Gasteiger partial charge in [0.1, 0.15) is 36.8 Å². The Kier molecular flexibility index (Phi) is 33.5. The number of allylic oxidation sites excluding steroid dienone is 3. The lowest BCUT2D eigenvalue weighted by molar-refractivity contribution is -0.297. The van der Waals surface area contributed by atoms with Gasteiger partial charge < -0.3 is 34.3 Å². The van der Waals surface area contributed by atoms with Crippen LogP contribution in [0.3, 0.4) is 0 Å². The second-order valence-electron chi connectivity index (χ2n) is 16.1. The topological polar surface area (TPSA) is 186 Å². The molecule has 0 aromatic rings. The third-order valence-electron chi connectivity index (χ3n) is 10.6. The molecule has 1 aliphatic heterocycles. The number of hydrogen-bond acceptors (Lipinski definition) is 11. The second-order valence-corrected chi connectivity index (χ2v) is 17.6. The zero-order valence-corrected chi connectivity index (χ0v) is 36.8. The highest BCUT2D eigenvalue weighted by Crippen LogP contribution is 2.24. The highest BCUT2D eigenvalue weighted by atomic mass is 32.2. The molecule has 1 rings (SSSR count). The smallest absolute Gasteiger partial charge is 0.306 e. The number of aliphatic hydroxyl groups excluding tert-OH is 3. The van der Waals surface area contributed by atoms with Gasteiger partial charge in [-0.1, -0.05) is 147 Å². The molecule has 4 N–H and O–H groups in total. The Morgan fingerprint density at radius 2 is 1.07 bits per heavy atom. The van der Waals surface area contributed by atoms with E-state index < -0.39 is 71.2 Å². The summed E-state index contributed by atoms with van der Waals surface area (Å²) in [5.74, 6) is -2.01. The molecule has 0 aromatic heterocycles. The number of unbranched alkanes of at least 4 members (excludes halogenated alkanes) is 24. The first-order chi connectivity index (χ1) is 28.0. The van der Waals surface area contributed by atoms with Gasteiger partial charge in [-0.3, -0.25) is 14.1 Å². The van der Waals surface area contributed by atoms with E-state index in [9.17, 15) is 37.9 Å². The number of carbonyl (C=O) groups excluding carboxylic acids is 2. The minimum absolute atomic E-state index is 0.160. The lowest BCUT2D eigenvalue weighted by Crippen LogP contribution is -2.60. The SMILES string of the molecule is C=CCCCCCCCCCCCCCCCC(=O)O[C@H](COC(=O)CCCC/C=C/CCCCCCCCCCC)CO[C@H]1O[C@H](CS(=O)(=O)O)[C@@H](O)C(O)C1O. The van der Waals surface area contributed by atoms with Crippen LogP contribution in [0, 0.1) is 0 Å². The van der Waals surface area contributed by atoms with Crippen molar-refractivity contribution in [3.8, 4) is 0 Å². The third-order valence-corrected chi connectivity index (χ3v) is 11.4. The van der Waals surface area contributed by atoms with Crippen molar-refractivity contribution < 1.29 is 56.8 Å². The monoisotopic (exact) mass is 847 g/mol. The van der Waals surface area contributed by atoms with Gasteiger partial charge >= 0.3 is 11.9 Å². The van der Waals surface area contributed by atoms with E-state index in [0.29, 0.717) is 12.8 Å². The molecule has 0 saturated carbocycles. The molecule has 12 nitrogen and oxygen atoms in total. The largest absolute Gasteiger partial charge is 0.462 e. The molecular formula is C45H82O12S. The molecule has 1 saturated heterocycles. The summed E-state index contributed by atoms with van der Waals surface area (Å²) in [4.78, 5) is 25.4. The first-order valence-corrected chi connectivity index (χ1v) is 24.5. The number of aliphatic hydroxyl groups is 3. The molecule has 0 bridgehead atoms. The first kappa shape index (κ1) is 54.1. The zero-order chi connectivity index (χ0) is 42.7. The molecule has 1 aliphatic rings. The normalized spacial score (nSPS) is 20.3. The average Bonchev–Trinajstić information content (AvgIpc) is 3.18. The van der Waals surface area contributed by atoms with Gasteiger partial charge in [0, 0.05) is 12.8 Å². The highest BCUT2D eigenvalue weighted by Gasteiger charge is 2.46. The van der Waals surface area contributed by atoms with Gasteiger partial charge in [0.2, 0.25) is 0 Å². The van der Waals surface area contributed by atoms with Gasteiger partial charge in [-0.25, -0.2) is 0 Å². The van der Waals surface area contributed by atoms with Crippen molar-refractivity contribution in [3.05, 3.63) is 24.8 Å². The second kappa shape index (κ2) is 35.8.